The quantitative estimate of drug-likeness (QED) is 0.695. The number of hydrogen-bond acceptors (Lipinski definition) is 2. The highest BCUT2D eigenvalue weighted by Gasteiger charge is 2.26. The highest BCUT2D eigenvalue weighted by atomic mass is 32.1. The number of quaternary nitrogens is 1. The van der Waals surface area contributed by atoms with Gasteiger partial charge >= 0.3 is 0 Å². The third-order valence-electron chi connectivity index (χ3n) is 4.47. The SMILES string of the molecule is Fc1ccc(NC(=S)NC[C@H](c2ccc(F)cc2)[NH+]2CCOCC2)cc1. The van der Waals surface area contributed by atoms with E-state index < -0.39 is 0 Å². The van der Waals surface area contributed by atoms with E-state index in [9.17, 15) is 8.78 Å². The van der Waals surface area contributed by atoms with Crippen LogP contribution in [0.5, 0.6) is 0 Å². The molecule has 0 spiro atoms. The van der Waals surface area contributed by atoms with E-state index >= 15 is 0 Å². The summed E-state index contributed by atoms with van der Waals surface area (Å²) in [5, 5.41) is 6.74. The maximum absolute atomic E-state index is 13.3. The first-order chi connectivity index (χ1) is 12.6. The topological polar surface area (TPSA) is 37.7 Å². The Morgan fingerprint density at radius 3 is 2.19 bits per heavy atom. The summed E-state index contributed by atoms with van der Waals surface area (Å²) in [6, 6.07) is 12.8. The molecule has 3 N–H and O–H groups in total. The number of benzene rings is 2. The zero-order valence-electron chi connectivity index (χ0n) is 14.3. The first kappa shape index (κ1) is 18.7. The van der Waals surface area contributed by atoms with E-state index in [0.29, 0.717) is 24.9 Å². The van der Waals surface area contributed by atoms with Crippen molar-refractivity contribution in [2.24, 2.45) is 0 Å². The van der Waals surface area contributed by atoms with Crippen molar-refractivity contribution in [2.45, 2.75) is 6.04 Å². The van der Waals surface area contributed by atoms with Gasteiger partial charge in [0.1, 0.15) is 30.8 Å². The summed E-state index contributed by atoms with van der Waals surface area (Å²) in [4.78, 5) is 1.37. The van der Waals surface area contributed by atoms with Gasteiger partial charge in [-0.25, -0.2) is 8.78 Å². The molecular weight excluding hydrogens is 356 g/mol. The van der Waals surface area contributed by atoms with Crippen LogP contribution in [0, 0.1) is 11.6 Å². The van der Waals surface area contributed by atoms with Crippen LogP contribution in [0.4, 0.5) is 14.5 Å². The highest BCUT2D eigenvalue weighted by molar-refractivity contribution is 7.80. The van der Waals surface area contributed by atoms with E-state index in [1.807, 2.05) is 12.1 Å². The van der Waals surface area contributed by atoms with Crippen LogP contribution in [-0.4, -0.2) is 38.0 Å². The van der Waals surface area contributed by atoms with Gasteiger partial charge < -0.3 is 20.3 Å². The Morgan fingerprint density at radius 2 is 1.58 bits per heavy atom. The molecule has 0 bridgehead atoms. The molecule has 4 nitrogen and oxygen atoms in total. The van der Waals surface area contributed by atoms with Crippen LogP contribution in [0.2, 0.25) is 0 Å². The van der Waals surface area contributed by atoms with Crippen LogP contribution in [-0.2, 0) is 4.74 Å². The number of ether oxygens (including phenoxy) is 1. The molecule has 1 fully saturated rings. The van der Waals surface area contributed by atoms with Crippen LogP contribution < -0.4 is 15.5 Å². The van der Waals surface area contributed by atoms with Crippen LogP contribution >= 0.6 is 12.2 Å². The first-order valence-electron chi connectivity index (χ1n) is 8.60. The van der Waals surface area contributed by atoms with Gasteiger partial charge in [0.05, 0.1) is 19.8 Å². The molecule has 26 heavy (non-hydrogen) atoms. The Kier molecular flexibility index (Phi) is 6.49. The van der Waals surface area contributed by atoms with E-state index in [-0.39, 0.29) is 17.7 Å². The molecule has 2 aromatic rings. The molecule has 1 atom stereocenters. The predicted molar refractivity (Wildman–Crippen MR) is 101 cm³/mol. The van der Waals surface area contributed by atoms with Gasteiger partial charge in [0.25, 0.3) is 0 Å². The molecule has 0 saturated carbocycles. The fraction of sp³-hybridized carbons (Fsp3) is 0.316. The number of hydrogen-bond donors (Lipinski definition) is 3. The number of anilines is 1. The number of thiocarbonyl (C=S) groups is 1. The maximum Gasteiger partial charge on any atom is 0.171 e. The standard InChI is InChI=1S/C19H21F2N3OS/c20-15-3-1-14(2-4-15)18(24-9-11-25-12-10-24)13-22-19(26)23-17-7-5-16(21)6-8-17/h1-8,18H,9-13H2,(H2,22,23,26)/p+1/t18-/m1/s1. The van der Waals surface area contributed by atoms with Crippen LogP contribution in [0.25, 0.3) is 0 Å². The molecule has 1 aliphatic heterocycles. The Hall–Kier alpha value is -2.09. The van der Waals surface area contributed by atoms with Gasteiger partial charge in [0, 0.05) is 11.3 Å². The van der Waals surface area contributed by atoms with Gasteiger partial charge in [0.2, 0.25) is 0 Å². The monoisotopic (exact) mass is 378 g/mol. The minimum atomic E-state index is -0.290. The van der Waals surface area contributed by atoms with E-state index in [1.165, 1.54) is 29.2 Å². The van der Waals surface area contributed by atoms with E-state index in [1.54, 1.807) is 12.1 Å². The highest BCUT2D eigenvalue weighted by Crippen LogP contribution is 2.12. The van der Waals surface area contributed by atoms with E-state index in [4.69, 9.17) is 17.0 Å². The van der Waals surface area contributed by atoms with Crippen molar-refractivity contribution in [3.8, 4) is 0 Å². The lowest BCUT2D eigenvalue weighted by molar-refractivity contribution is -0.937. The molecule has 0 amide bonds. The number of morpholine rings is 1. The number of rotatable bonds is 5. The third-order valence-corrected chi connectivity index (χ3v) is 4.72. The Morgan fingerprint density at radius 1 is 1.00 bits per heavy atom. The van der Waals surface area contributed by atoms with Crippen molar-refractivity contribution in [1.82, 2.24) is 5.32 Å². The molecule has 2 aromatic carbocycles. The fourth-order valence-electron chi connectivity index (χ4n) is 3.08. The van der Waals surface area contributed by atoms with E-state index in [0.717, 1.165) is 24.3 Å². The first-order valence-corrected chi connectivity index (χ1v) is 9.01. The van der Waals surface area contributed by atoms with Crippen LogP contribution in [0.3, 0.4) is 0 Å². The second-order valence-electron chi connectivity index (χ2n) is 6.22. The Balaban J connectivity index is 1.64. The third kappa shape index (κ3) is 5.20. The molecule has 138 valence electrons. The predicted octanol–water partition coefficient (Wildman–Crippen LogP) is 1.91. The van der Waals surface area contributed by atoms with Crippen molar-refractivity contribution < 1.29 is 18.4 Å². The summed E-state index contributed by atoms with van der Waals surface area (Å²) in [5.41, 5.74) is 1.78. The van der Waals surface area contributed by atoms with Gasteiger partial charge in [-0.3, -0.25) is 0 Å². The maximum atomic E-state index is 13.3. The number of halogens is 2. The molecule has 1 saturated heterocycles. The summed E-state index contributed by atoms with van der Waals surface area (Å²) < 4.78 is 31.7. The largest absolute Gasteiger partial charge is 0.370 e. The molecule has 0 aliphatic carbocycles. The minimum absolute atomic E-state index is 0.132. The van der Waals surface area contributed by atoms with Gasteiger partial charge in [-0.15, -0.1) is 0 Å². The zero-order chi connectivity index (χ0) is 18.4. The van der Waals surface area contributed by atoms with Gasteiger partial charge in [0.15, 0.2) is 5.11 Å². The van der Waals surface area contributed by atoms with Crippen molar-refractivity contribution in [3.05, 3.63) is 65.7 Å². The average molecular weight is 378 g/mol. The van der Waals surface area contributed by atoms with Crippen molar-refractivity contribution in [2.75, 3.05) is 38.2 Å². The molecule has 7 heteroatoms. The number of nitrogens with one attached hydrogen (secondary N) is 3. The summed E-state index contributed by atoms with van der Waals surface area (Å²) in [6.45, 7) is 3.81. The fourth-order valence-corrected chi connectivity index (χ4v) is 3.28. The Labute approximate surface area is 157 Å². The Bertz CT molecular complexity index is 719. The molecule has 1 aliphatic rings. The second kappa shape index (κ2) is 9.02. The minimum Gasteiger partial charge on any atom is -0.370 e. The van der Waals surface area contributed by atoms with Crippen molar-refractivity contribution in [1.29, 1.82) is 0 Å². The molecule has 1 heterocycles. The molecule has 0 aromatic heterocycles. The second-order valence-corrected chi connectivity index (χ2v) is 6.62. The smallest absolute Gasteiger partial charge is 0.171 e. The zero-order valence-corrected chi connectivity index (χ0v) is 15.1. The lowest BCUT2D eigenvalue weighted by Crippen LogP contribution is -3.15. The lowest BCUT2D eigenvalue weighted by atomic mass is 10.0. The molecule has 3 rings (SSSR count). The van der Waals surface area contributed by atoms with Crippen molar-refractivity contribution in [3.63, 3.8) is 0 Å². The summed E-state index contributed by atoms with van der Waals surface area (Å²) in [5.74, 6) is -0.535. The van der Waals surface area contributed by atoms with Gasteiger partial charge in [-0.05, 0) is 48.6 Å². The normalized spacial score (nSPS) is 16.1. The summed E-state index contributed by atoms with van der Waals surface area (Å²) in [7, 11) is 0. The lowest BCUT2D eigenvalue weighted by Gasteiger charge is -2.32. The van der Waals surface area contributed by atoms with Crippen LogP contribution in [0.15, 0.2) is 48.5 Å². The molecule has 0 unspecified atom stereocenters. The molecule has 0 radical (unpaired) electrons. The van der Waals surface area contributed by atoms with Gasteiger partial charge in [-0.1, -0.05) is 12.1 Å². The van der Waals surface area contributed by atoms with Gasteiger partial charge in [-0.2, -0.15) is 0 Å². The van der Waals surface area contributed by atoms with Crippen LogP contribution in [0.1, 0.15) is 11.6 Å². The molecular formula is C19H22F2N3OS+. The van der Waals surface area contributed by atoms with E-state index in [2.05, 4.69) is 10.6 Å². The summed E-state index contributed by atoms with van der Waals surface area (Å²) >= 11 is 5.35. The van der Waals surface area contributed by atoms with Crippen molar-refractivity contribution >= 4 is 23.0 Å². The summed E-state index contributed by atoms with van der Waals surface area (Å²) in [6.07, 6.45) is 0. The average Bonchev–Trinajstić information content (AvgIpc) is 2.66.